The Balaban J connectivity index is 2.24. The average molecular weight is 179 g/mol. The van der Waals surface area contributed by atoms with Crippen molar-refractivity contribution in [3.05, 3.63) is 23.8 Å². The third kappa shape index (κ3) is 1.50. The average Bonchev–Trinajstić information content (AvgIpc) is 2.17. The molecule has 68 valence electrons. The zero-order valence-corrected chi connectivity index (χ0v) is 6.90. The quantitative estimate of drug-likeness (QED) is 0.612. The summed E-state index contributed by atoms with van der Waals surface area (Å²) in [5.74, 6) is -0.829. The van der Waals surface area contributed by atoms with Crippen molar-refractivity contribution < 1.29 is 9.90 Å². The standard InChI is InChI=1S/C8H9N3O2/c12-8(13)7-1-6-5(3-10-7)2-9-4-11-6/h2,4,7,10H,1,3H2,(H,12,13). The Morgan fingerprint density at radius 2 is 2.54 bits per heavy atom. The van der Waals surface area contributed by atoms with Gasteiger partial charge in [0.15, 0.2) is 0 Å². The minimum atomic E-state index is -0.829. The number of nitrogens with zero attached hydrogens (tertiary/aromatic N) is 2. The number of carboxylic acids is 1. The molecule has 2 rings (SSSR count). The smallest absolute Gasteiger partial charge is 0.321 e. The van der Waals surface area contributed by atoms with E-state index < -0.39 is 12.0 Å². The van der Waals surface area contributed by atoms with E-state index in [2.05, 4.69) is 15.3 Å². The normalized spacial score (nSPS) is 20.8. The van der Waals surface area contributed by atoms with Gasteiger partial charge in [-0.2, -0.15) is 0 Å². The van der Waals surface area contributed by atoms with Gasteiger partial charge in [-0.15, -0.1) is 0 Å². The number of hydrogen-bond donors (Lipinski definition) is 2. The summed E-state index contributed by atoms with van der Waals surface area (Å²) in [6.45, 7) is 0.535. The highest BCUT2D eigenvalue weighted by atomic mass is 16.4. The molecule has 1 atom stereocenters. The number of aliphatic carboxylic acids is 1. The number of aromatic nitrogens is 2. The van der Waals surface area contributed by atoms with Crippen LogP contribution in [0.3, 0.4) is 0 Å². The van der Waals surface area contributed by atoms with E-state index in [0.717, 1.165) is 11.3 Å². The molecule has 2 heterocycles. The third-order valence-electron chi connectivity index (χ3n) is 2.12. The summed E-state index contributed by atoms with van der Waals surface area (Å²) in [7, 11) is 0. The van der Waals surface area contributed by atoms with Crippen LogP contribution in [0, 0.1) is 0 Å². The van der Waals surface area contributed by atoms with Gasteiger partial charge in [-0.3, -0.25) is 10.1 Å². The van der Waals surface area contributed by atoms with E-state index in [9.17, 15) is 4.79 Å². The predicted molar refractivity (Wildman–Crippen MR) is 44.0 cm³/mol. The zero-order valence-electron chi connectivity index (χ0n) is 6.90. The Bertz CT molecular complexity index is 340. The van der Waals surface area contributed by atoms with Gasteiger partial charge in [0.05, 0.1) is 5.69 Å². The summed E-state index contributed by atoms with van der Waals surface area (Å²) in [4.78, 5) is 18.6. The van der Waals surface area contributed by atoms with Gasteiger partial charge in [-0.1, -0.05) is 0 Å². The molecule has 1 unspecified atom stereocenters. The minimum Gasteiger partial charge on any atom is -0.480 e. The first-order valence-corrected chi connectivity index (χ1v) is 4.01. The Morgan fingerprint density at radius 1 is 1.69 bits per heavy atom. The fourth-order valence-electron chi connectivity index (χ4n) is 1.39. The van der Waals surface area contributed by atoms with Gasteiger partial charge in [-0.05, 0) is 0 Å². The molecule has 0 saturated heterocycles. The van der Waals surface area contributed by atoms with E-state index in [1.54, 1.807) is 6.20 Å². The lowest BCUT2D eigenvalue weighted by molar-refractivity contribution is -0.139. The summed E-state index contributed by atoms with van der Waals surface area (Å²) in [6.07, 6.45) is 3.60. The molecule has 1 aromatic heterocycles. The van der Waals surface area contributed by atoms with E-state index in [0.29, 0.717) is 13.0 Å². The van der Waals surface area contributed by atoms with Crippen molar-refractivity contribution >= 4 is 5.97 Å². The van der Waals surface area contributed by atoms with Gasteiger partial charge in [-0.25, -0.2) is 9.97 Å². The van der Waals surface area contributed by atoms with Crippen molar-refractivity contribution in [2.75, 3.05) is 0 Å². The second kappa shape index (κ2) is 3.10. The second-order valence-corrected chi connectivity index (χ2v) is 2.97. The van der Waals surface area contributed by atoms with Gasteiger partial charge < -0.3 is 5.11 Å². The van der Waals surface area contributed by atoms with Gasteiger partial charge in [0.25, 0.3) is 0 Å². The number of carboxylic acid groups (broad SMARTS) is 1. The van der Waals surface area contributed by atoms with Crippen LogP contribution in [0.15, 0.2) is 12.5 Å². The topological polar surface area (TPSA) is 75.1 Å². The maximum Gasteiger partial charge on any atom is 0.321 e. The molecule has 13 heavy (non-hydrogen) atoms. The molecule has 0 fully saturated rings. The fourth-order valence-corrected chi connectivity index (χ4v) is 1.39. The molecule has 1 aliphatic heterocycles. The van der Waals surface area contributed by atoms with Crippen LogP contribution >= 0.6 is 0 Å². The van der Waals surface area contributed by atoms with E-state index in [-0.39, 0.29) is 0 Å². The lowest BCUT2D eigenvalue weighted by Gasteiger charge is -2.21. The van der Waals surface area contributed by atoms with E-state index >= 15 is 0 Å². The van der Waals surface area contributed by atoms with Crippen molar-refractivity contribution in [1.82, 2.24) is 15.3 Å². The highest BCUT2D eigenvalue weighted by molar-refractivity contribution is 5.74. The van der Waals surface area contributed by atoms with Crippen LogP contribution in [-0.4, -0.2) is 27.1 Å². The molecule has 5 nitrogen and oxygen atoms in total. The van der Waals surface area contributed by atoms with E-state index in [4.69, 9.17) is 5.11 Å². The third-order valence-corrected chi connectivity index (χ3v) is 2.12. The summed E-state index contributed by atoms with van der Waals surface area (Å²) < 4.78 is 0. The van der Waals surface area contributed by atoms with E-state index in [1.165, 1.54) is 6.33 Å². The molecule has 5 heteroatoms. The highest BCUT2D eigenvalue weighted by Crippen LogP contribution is 2.12. The summed E-state index contributed by atoms with van der Waals surface area (Å²) in [5.41, 5.74) is 1.82. The Hall–Kier alpha value is -1.49. The fraction of sp³-hybridized carbons (Fsp3) is 0.375. The summed E-state index contributed by atoms with van der Waals surface area (Å²) in [5, 5.41) is 11.7. The molecule has 1 aromatic rings. The first-order valence-electron chi connectivity index (χ1n) is 4.01. The molecule has 0 amide bonds. The van der Waals surface area contributed by atoms with Crippen LogP contribution in [0.4, 0.5) is 0 Å². The molecule has 2 N–H and O–H groups in total. The van der Waals surface area contributed by atoms with Gasteiger partial charge in [0, 0.05) is 24.7 Å². The lowest BCUT2D eigenvalue weighted by Crippen LogP contribution is -2.42. The van der Waals surface area contributed by atoms with Crippen molar-refractivity contribution in [1.29, 1.82) is 0 Å². The van der Waals surface area contributed by atoms with Crippen LogP contribution in [0.1, 0.15) is 11.3 Å². The molecule has 0 radical (unpaired) electrons. The Labute approximate surface area is 74.8 Å². The molecular weight excluding hydrogens is 170 g/mol. The van der Waals surface area contributed by atoms with Crippen LogP contribution in [0.2, 0.25) is 0 Å². The van der Waals surface area contributed by atoms with Gasteiger partial charge in [0.2, 0.25) is 0 Å². The molecule has 0 bridgehead atoms. The first-order chi connectivity index (χ1) is 6.27. The maximum absolute atomic E-state index is 10.7. The zero-order chi connectivity index (χ0) is 9.26. The molecule has 0 aromatic carbocycles. The lowest BCUT2D eigenvalue weighted by atomic mass is 10.0. The number of hydrogen-bond acceptors (Lipinski definition) is 4. The maximum atomic E-state index is 10.7. The van der Waals surface area contributed by atoms with Crippen LogP contribution in [0.5, 0.6) is 0 Å². The van der Waals surface area contributed by atoms with Crippen LogP contribution < -0.4 is 5.32 Å². The molecule has 1 aliphatic rings. The largest absolute Gasteiger partial charge is 0.480 e. The SMILES string of the molecule is O=C(O)C1Cc2ncncc2CN1. The summed E-state index contributed by atoms with van der Waals surface area (Å²) in [6, 6.07) is -0.512. The number of carbonyl (C=O) groups is 1. The Morgan fingerprint density at radius 3 is 3.31 bits per heavy atom. The molecule has 0 spiro atoms. The van der Waals surface area contributed by atoms with E-state index in [1.807, 2.05) is 0 Å². The van der Waals surface area contributed by atoms with Crippen LogP contribution in [-0.2, 0) is 17.8 Å². The number of nitrogens with one attached hydrogen (secondary N) is 1. The Kier molecular flexibility index (Phi) is 1.94. The number of rotatable bonds is 1. The second-order valence-electron chi connectivity index (χ2n) is 2.97. The monoisotopic (exact) mass is 179 g/mol. The van der Waals surface area contributed by atoms with Crippen molar-refractivity contribution in [3.8, 4) is 0 Å². The van der Waals surface area contributed by atoms with Gasteiger partial charge >= 0.3 is 5.97 Å². The first kappa shape index (κ1) is 8.12. The summed E-state index contributed by atoms with van der Waals surface area (Å²) >= 11 is 0. The highest BCUT2D eigenvalue weighted by Gasteiger charge is 2.24. The minimum absolute atomic E-state index is 0.438. The molecular formula is C8H9N3O2. The van der Waals surface area contributed by atoms with Crippen molar-refractivity contribution in [2.24, 2.45) is 0 Å². The van der Waals surface area contributed by atoms with Crippen LogP contribution in [0.25, 0.3) is 0 Å². The molecule has 0 saturated carbocycles. The molecule has 0 aliphatic carbocycles. The van der Waals surface area contributed by atoms with Crippen molar-refractivity contribution in [2.45, 2.75) is 19.0 Å². The number of fused-ring (bicyclic) bond motifs is 1. The predicted octanol–water partition coefficient (Wildman–Crippen LogP) is -0.425. The van der Waals surface area contributed by atoms with Crippen molar-refractivity contribution in [3.63, 3.8) is 0 Å². The van der Waals surface area contributed by atoms with Gasteiger partial charge in [0.1, 0.15) is 12.4 Å².